The zero-order valence-electron chi connectivity index (χ0n) is 18.8. The summed E-state index contributed by atoms with van der Waals surface area (Å²) in [6, 6.07) is 0. The minimum atomic E-state index is -4.00. The summed E-state index contributed by atoms with van der Waals surface area (Å²) in [5.74, 6) is 0. The molecule has 168 valence electrons. The first-order valence-corrected chi connectivity index (χ1v) is 22.5. The van der Waals surface area contributed by atoms with Gasteiger partial charge in [-0.1, -0.05) is 0 Å². The van der Waals surface area contributed by atoms with Crippen molar-refractivity contribution in [2.24, 2.45) is 0 Å². The second kappa shape index (κ2) is 17.0. The van der Waals surface area contributed by atoms with E-state index in [1.807, 2.05) is 0 Å². The minimum absolute atomic E-state index is 0.481. The quantitative estimate of drug-likeness (QED) is 0.198. The van der Waals surface area contributed by atoms with E-state index >= 15 is 0 Å². The molecule has 0 aromatic heterocycles. The van der Waals surface area contributed by atoms with Crippen LogP contribution in [0.2, 0.25) is 8.87 Å². The average molecular weight is 618 g/mol. The van der Waals surface area contributed by atoms with E-state index in [1.54, 1.807) is 0 Å². The van der Waals surface area contributed by atoms with Crippen LogP contribution in [0.15, 0.2) is 0 Å². The van der Waals surface area contributed by atoms with Gasteiger partial charge in [-0.15, -0.1) is 0 Å². The molecule has 0 radical (unpaired) electrons. The SMILES string of the molecule is CCCC[O][Sn]1([O]CCCC)[O]CC[O][Sn]([CH2]CCC)([CH2]CCC)[O]CC[O]1. The molecule has 1 fully saturated rings. The molecule has 1 rings (SSSR count). The molecule has 0 bridgehead atoms. The summed E-state index contributed by atoms with van der Waals surface area (Å²) < 4.78 is 39.9. The Hall–Kier alpha value is 1.36. The van der Waals surface area contributed by atoms with E-state index < -0.39 is 39.2 Å². The van der Waals surface area contributed by atoms with Crippen molar-refractivity contribution in [3.05, 3.63) is 0 Å². The molecule has 1 heterocycles. The van der Waals surface area contributed by atoms with Gasteiger partial charge in [0, 0.05) is 0 Å². The Bertz CT molecular complexity index is 339. The van der Waals surface area contributed by atoms with Crippen LogP contribution in [-0.2, 0) is 18.4 Å². The van der Waals surface area contributed by atoms with Gasteiger partial charge in [-0.2, -0.15) is 0 Å². The second-order valence-corrected chi connectivity index (χ2v) is 23.3. The molecule has 0 aromatic carbocycles. The Morgan fingerprint density at radius 1 is 0.571 bits per heavy atom. The van der Waals surface area contributed by atoms with Gasteiger partial charge in [0.1, 0.15) is 0 Å². The summed E-state index contributed by atoms with van der Waals surface area (Å²) in [5.41, 5.74) is 0. The van der Waals surface area contributed by atoms with Gasteiger partial charge >= 0.3 is 185 Å². The van der Waals surface area contributed by atoms with Crippen molar-refractivity contribution in [1.82, 2.24) is 0 Å². The van der Waals surface area contributed by atoms with Crippen molar-refractivity contribution in [1.29, 1.82) is 0 Å². The van der Waals surface area contributed by atoms with Crippen LogP contribution in [0.25, 0.3) is 0 Å². The Balaban J connectivity index is 2.73. The van der Waals surface area contributed by atoms with E-state index in [9.17, 15) is 0 Å². The Kier molecular flexibility index (Phi) is 16.6. The van der Waals surface area contributed by atoms with Gasteiger partial charge in [0.15, 0.2) is 0 Å². The normalized spacial score (nSPS) is 20.1. The van der Waals surface area contributed by atoms with Crippen molar-refractivity contribution >= 4 is 39.2 Å². The number of rotatable bonds is 14. The molecule has 0 atom stereocenters. The van der Waals surface area contributed by atoms with Gasteiger partial charge in [0.2, 0.25) is 0 Å². The van der Waals surface area contributed by atoms with Crippen LogP contribution in [0.4, 0.5) is 0 Å². The molecule has 0 aromatic rings. The van der Waals surface area contributed by atoms with E-state index in [0.29, 0.717) is 39.6 Å². The van der Waals surface area contributed by atoms with Crippen molar-refractivity contribution in [2.75, 3.05) is 39.6 Å². The van der Waals surface area contributed by atoms with E-state index in [2.05, 4.69) is 27.7 Å². The zero-order valence-corrected chi connectivity index (χ0v) is 24.5. The van der Waals surface area contributed by atoms with Crippen LogP contribution in [0, 0.1) is 0 Å². The standard InChI is InChI=1S/2C4H9O.2C4H9.2C2H4O2.2Sn/c2*1-2-3-4-5;2*1-3-4-2;2*3-1-2-4;;/h2*2-4H2,1H3;2*1,3-4H2,2H3;2*1-2H2;;/q2*-1;;;2*-2;+2;+4. The average Bonchev–Trinajstić information content (AvgIpc) is 2.71. The predicted molar refractivity (Wildman–Crippen MR) is 116 cm³/mol. The topological polar surface area (TPSA) is 55.4 Å². The molecule has 0 aliphatic carbocycles. The summed E-state index contributed by atoms with van der Waals surface area (Å²) in [6.45, 7) is 12.1. The molecule has 1 aliphatic rings. The van der Waals surface area contributed by atoms with Gasteiger partial charge in [-0.05, 0) is 0 Å². The molecule has 8 heteroatoms. The van der Waals surface area contributed by atoms with E-state index in [-0.39, 0.29) is 0 Å². The third kappa shape index (κ3) is 11.1. The van der Waals surface area contributed by atoms with Crippen molar-refractivity contribution in [3.8, 4) is 0 Å². The fourth-order valence-corrected chi connectivity index (χ4v) is 18.9. The molecule has 0 amide bonds. The van der Waals surface area contributed by atoms with Gasteiger partial charge < -0.3 is 0 Å². The Morgan fingerprint density at radius 2 is 0.964 bits per heavy atom. The first kappa shape index (κ1) is 27.4. The predicted octanol–water partition coefficient (Wildman–Crippen LogP) is 5.18. The molecule has 0 saturated carbocycles. The Morgan fingerprint density at radius 3 is 1.36 bits per heavy atom. The maximum atomic E-state index is 6.48. The van der Waals surface area contributed by atoms with E-state index in [1.165, 1.54) is 25.7 Å². The van der Waals surface area contributed by atoms with Crippen molar-refractivity contribution in [2.45, 2.75) is 87.9 Å². The van der Waals surface area contributed by atoms with Gasteiger partial charge in [-0.3, -0.25) is 0 Å². The first-order chi connectivity index (χ1) is 13.7. The third-order valence-corrected chi connectivity index (χ3v) is 21.7. The molecular weight excluding hydrogens is 574 g/mol. The molecule has 6 nitrogen and oxygen atoms in total. The number of hydrogen-bond donors (Lipinski definition) is 0. The van der Waals surface area contributed by atoms with Crippen LogP contribution in [0.1, 0.15) is 79.1 Å². The van der Waals surface area contributed by atoms with Gasteiger partial charge in [0.25, 0.3) is 0 Å². The van der Waals surface area contributed by atoms with Crippen LogP contribution in [0.5, 0.6) is 0 Å². The molecule has 1 saturated heterocycles. The maximum absolute atomic E-state index is 6.48. The van der Waals surface area contributed by atoms with Gasteiger partial charge in [-0.25, -0.2) is 0 Å². The summed E-state index contributed by atoms with van der Waals surface area (Å²) >= 11 is -7.04. The number of unbranched alkanes of at least 4 members (excludes halogenated alkanes) is 4. The molecule has 28 heavy (non-hydrogen) atoms. The summed E-state index contributed by atoms with van der Waals surface area (Å²) in [4.78, 5) is 0. The zero-order chi connectivity index (χ0) is 20.6. The molecular formula is C20H44O6Sn2. The van der Waals surface area contributed by atoms with Crippen molar-refractivity contribution < 1.29 is 18.4 Å². The van der Waals surface area contributed by atoms with Crippen molar-refractivity contribution in [3.63, 3.8) is 0 Å². The fourth-order valence-electron chi connectivity index (χ4n) is 3.07. The summed E-state index contributed by atoms with van der Waals surface area (Å²) in [7, 11) is 0. The van der Waals surface area contributed by atoms with E-state index in [0.717, 1.165) is 34.6 Å². The van der Waals surface area contributed by atoms with Crippen LogP contribution >= 0.6 is 0 Å². The molecule has 0 spiro atoms. The monoisotopic (exact) mass is 620 g/mol. The van der Waals surface area contributed by atoms with Crippen LogP contribution in [-0.4, -0.2) is 78.9 Å². The van der Waals surface area contributed by atoms with E-state index in [4.69, 9.17) is 18.4 Å². The third-order valence-electron chi connectivity index (χ3n) is 4.83. The van der Waals surface area contributed by atoms with Gasteiger partial charge in [0.05, 0.1) is 0 Å². The summed E-state index contributed by atoms with van der Waals surface area (Å²) in [5, 5.41) is 0. The molecule has 0 unspecified atom stereocenters. The fraction of sp³-hybridized carbons (Fsp3) is 1.00. The van der Waals surface area contributed by atoms with Crippen LogP contribution in [0.3, 0.4) is 0 Å². The Labute approximate surface area is 184 Å². The second-order valence-electron chi connectivity index (χ2n) is 7.42. The molecule has 1 aliphatic heterocycles. The van der Waals surface area contributed by atoms with Crippen LogP contribution < -0.4 is 0 Å². The number of hydrogen-bond acceptors (Lipinski definition) is 6. The first-order valence-electron chi connectivity index (χ1n) is 11.5. The summed E-state index contributed by atoms with van der Waals surface area (Å²) in [6.07, 6.45) is 8.87. The molecule has 0 N–H and O–H groups in total.